The van der Waals surface area contributed by atoms with Crippen molar-refractivity contribution in [3.8, 4) is 5.75 Å². The third-order valence-electron chi connectivity index (χ3n) is 3.25. The van der Waals surface area contributed by atoms with Gasteiger partial charge in [-0.05, 0) is 18.6 Å². The Morgan fingerprint density at radius 1 is 0.731 bits per heavy atom. The van der Waals surface area contributed by atoms with Crippen LogP contribution in [-0.4, -0.2) is 0 Å². The normalized spacial score (nSPS) is 10.7. The number of benzene rings is 1. The van der Waals surface area contributed by atoms with Crippen molar-refractivity contribution in [2.75, 3.05) is 0 Å². The van der Waals surface area contributed by atoms with E-state index in [0.29, 0.717) is 17.9 Å². The molecule has 0 radical (unpaired) electrons. The maximum absolute atomic E-state index is 4.70. The molecule has 0 unspecified atom stereocenters. The molecule has 0 bridgehead atoms. The van der Waals surface area contributed by atoms with Gasteiger partial charge in [0, 0.05) is 41.7 Å². The van der Waals surface area contributed by atoms with Crippen LogP contribution in [0.4, 0.5) is 0 Å². The molecule has 0 heterocycles. The van der Waals surface area contributed by atoms with Crippen LogP contribution in [0.25, 0.3) is 0 Å². The van der Waals surface area contributed by atoms with Gasteiger partial charge in [-0.15, -0.1) is 0 Å². The molecular weight excluding hydrogens is 348 g/mol. The van der Waals surface area contributed by atoms with Crippen molar-refractivity contribution in [3.05, 3.63) is 42.7 Å². The fourth-order valence-corrected chi connectivity index (χ4v) is 1.97. The molecule has 0 aliphatic heterocycles. The summed E-state index contributed by atoms with van der Waals surface area (Å²) in [5.41, 5.74) is 0. The van der Waals surface area contributed by atoms with Crippen molar-refractivity contribution < 1.29 is 45.0 Å². The van der Waals surface area contributed by atoms with E-state index in [-0.39, 0.29) is 0 Å². The van der Waals surface area contributed by atoms with Crippen LogP contribution in [0.5, 0.6) is 5.75 Å². The van der Waals surface area contributed by atoms with E-state index in [1.807, 2.05) is 6.07 Å². The van der Waals surface area contributed by atoms with Crippen LogP contribution in [0.3, 0.4) is 0 Å². The van der Waals surface area contributed by atoms with Gasteiger partial charge in [0.2, 0.25) is 0 Å². The monoisotopic (exact) mass is 374 g/mol. The fraction of sp³-hybridized carbons (Fsp3) is 0.529. The molecule has 0 aromatic heterocycles. The lowest BCUT2D eigenvalue weighted by atomic mass is 10.1. The van der Waals surface area contributed by atoms with Crippen LogP contribution < -0.4 is 4.89 Å². The molecule has 9 nitrogen and oxygen atoms in total. The second-order valence-electron chi connectivity index (χ2n) is 5.37. The molecule has 0 saturated carbocycles. The Morgan fingerprint density at radius 3 is 2.00 bits per heavy atom. The minimum absolute atomic E-state index is 0.393. The first-order chi connectivity index (χ1) is 12.8. The molecule has 0 N–H and O–H groups in total. The zero-order valence-corrected chi connectivity index (χ0v) is 14.9. The number of unbranched alkanes of at least 4 members (excludes halogenated alkanes) is 6. The van der Waals surface area contributed by atoms with E-state index in [1.54, 1.807) is 24.3 Å². The maximum Gasteiger partial charge on any atom is 0.168 e. The average Bonchev–Trinajstić information content (AvgIpc) is 2.67. The van der Waals surface area contributed by atoms with Crippen molar-refractivity contribution in [2.45, 2.75) is 58.3 Å². The van der Waals surface area contributed by atoms with Gasteiger partial charge in [-0.1, -0.05) is 70.2 Å². The van der Waals surface area contributed by atoms with Crippen molar-refractivity contribution in [1.29, 1.82) is 0 Å². The van der Waals surface area contributed by atoms with Crippen LogP contribution in [-0.2, 0) is 40.2 Å². The second kappa shape index (κ2) is 16.7. The molecule has 0 aliphatic rings. The van der Waals surface area contributed by atoms with E-state index in [0.717, 1.165) is 12.8 Å². The Labute approximate surface area is 152 Å². The summed E-state index contributed by atoms with van der Waals surface area (Å²) in [5.74, 6) is 0.795. The van der Waals surface area contributed by atoms with Gasteiger partial charge < -0.3 is 9.78 Å². The van der Waals surface area contributed by atoms with Gasteiger partial charge in [-0.3, -0.25) is 0 Å². The summed E-state index contributed by atoms with van der Waals surface area (Å²) in [7, 11) is 0. The van der Waals surface area contributed by atoms with Crippen LogP contribution in [0.15, 0.2) is 42.7 Å². The largest absolute Gasteiger partial charge is 0.311 e. The second-order valence-corrected chi connectivity index (χ2v) is 5.37. The highest BCUT2D eigenvalue weighted by Crippen LogP contribution is 2.12. The smallest absolute Gasteiger partial charge is 0.168 e. The minimum Gasteiger partial charge on any atom is -0.311 e. The molecule has 0 aliphatic carbocycles. The topological polar surface area (TPSA) is 83.1 Å². The summed E-state index contributed by atoms with van der Waals surface area (Å²) >= 11 is 0. The van der Waals surface area contributed by atoms with Crippen LogP contribution >= 0.6 is 0 Å². The zero-order valence-electron chi connectivity index (χ0n) is 14.9. The standard InChI is InChI=1S/C17H26O9/c1-3-4-5-6-7-8-10-13-16(2)18-20-22-24-26-25-23-21-19-17-14-11-9-12-15-17/h9,11-12,14-15H,2-8,10,13H2,1H3. The van der Waals surface area contributed by atoms with Gasteiger partial charge in [0.25, 0.3) is 0 Å². The quantitative estimate of drug-likeness (QED) is 0.149. The van der Waals surface area contributed by atoms with Gasteiger partial charge in [0.1, 0.15) is 5.76 Å². The Bertz CT molecular complexity index is 441. The summed E-state index contributed by atoms with van der Waals surface area (Å²) < 4.78 is 0. The Balaban J connectivity index is 1.78. The molecule has 0 fully saturated rings. The first kappa shape index (κ1) is 22.3. The fourth-order valence-electron chi connectivity index (χ4n) is 1.97. The summed E-state index contributed by atoms with van der Waals surface area (Å²) in [5, 5.41) is 28.2. The molecule has 1 aromatic carbocycles. The van der Waals surface area contributed by atoms with Crippen LogP contribution in [0, 0.1) is 0 Å². The molecule has 0 saturated heterocycles. The zero-order chi connectivity index (χ0) is 18.7. The number of allylic oxidation sites excluding steroid dienone is 1. The first-order valence-electron chi connectivity index (χ1n) is 8.57. The third-order valence-corrected chi connectivity index (χ3v) is 3.25. The highest BCUT2D eigenvalue weighted by atomic mass is 17.9. The lowest BCUT2D eigenvalue weighted by molar-refractivity contribution is -0.825. The molecule has 1 rings (SSSR count). The molecular formula is C17H26O9. The molecule has 1 aromatic rings. The number of hydrogen-bond donors (Lipinski definition) is 0. The minimum atomic E-state index is 0.393. The lowest BCUT2D eigenvalue weighted by Crippen LogP contribution is -2.04. The van der Waals surface area contributed by atoms with Gasteiger partial charge in [-0.25, -0.2) is 0 Å². The Hall–Kier alpha value is -1.72. The van der Waals surface area contributed by atoms with Crippen molar-refractivity contribution >= 4 is 0 Å². The van der Waals surface area contributed by atoms with Gasteiger partial charge in [-0.2, -0.15) is 0 Å². The van der Waals surface area contributed by atoms with Crippen LogP contribution in [0.2, 0.25) is 0 Å². The van der Waals surface area contributed by atoms with Gasteiger partial charge in [0.05, 0.1) is 0 Å². The molecule has 0 spiro atoms. The molecule has 0 amide bonds. The Morgan fingerprint density at radius 2 is 1.31 bits per heavy atom. The summed E-state index contributed by atoms with van der Waals surface area (Å²) in [6.45, 7) is 5.87. The van der Waals surface area contributed by atoms with Crippen molar-refractivity contribution in [3.63, 3.8) is 0 Å². The van der Waals surface area contributed by atoms with Crippen LogP contribution in [0.1, 0.15) is 58.3 Å². The highest BCUT2D eigenvalue weighted by molar-refractivity contribution is 5.19. The molecule has 0 atom stereocenters. The van der Waals surface area contributed by atoms with Gasteiger partial charge >= 0.3 is 0 Å². The predicted molar refractivity (Wildman–Crippen MR) is 87.5 cm³/mol. The molecule has 9 heteroatoms. The summed E-state index contributed by atoms with van der Waals surface area (Å²) in [6.07, 6.45) is 9.02. The van der Waals surface area contributed by atoms with Crippen molar-refractivity contribution in [2.24, 2.45) is 0 Å². The first-order valence-corrected chi connectivity index (χ1v) is 8.57. The third kappa shape index (κ3) is 13.6. The van der Waals surface area contributed by atoms with E-state index in [4.69, 9.17) is 4.89 Å². The van der Waals surface area contributed by atoms with E-state index in [2.05, 4.69) is 53.7 Å². The predicted octanol–water partition coefficient (Wildman–Crippen LogP) is 5.17. The van der Waals surface area contributed by atoms with Gasteiger partial charge in [0.15, 0.2) is 5.75 Å². The molecule has 148 valence electrons. The van der Waals surface area contributed by atoms with E-state index < -0.39 is 0 Å². The SMILES string of the molecule is C=C(CCCCCCCCC)OOOOOOOOOc1ccccc1. The maximum atomic E-state index is 4.70. The summed E-state index contributed by atoms with van der Waals surface area (Å²) in [4.78, 5) is 9.35. The number of hydrogen-bond acceptors (Lipinski definition) is 9. The van der Waals surface area contributed by atoms with E-state index >= 15 is 0 Å². The average molecular weight is 374 g/mol. The van der Waals surface area contributed by atoms with Crippen molar-refractivity contribution in [1.82, 2.24) is 0 Å². The van der Waals surface area contributed by atoms with E-state index in [1.165, 1.54) is 32.1 Å². The highest BCUT2D eigenvalue weighted by Gasteiger charge is 2.01. The number of para-hydroxylation sites is 1. The molecule has 26 heavy (non-hydrogen) atoms. The number of rotatable bonds is 18. The summed E-state index contributed by atoms with van der Waals surface area (Å²) in [6, 6.07) is 8.56. The Kier molecular flexibility index (Phi) is 14.4. The van der Waals surface area contributed by atoms with E-state index in [9.17, 15) is 0 Å². The lowest BCUT2D eigenvalue weighted by Gasteiger charge is -2.05.